The fourth-order valence-corrected chi connectivity index (χ4v) is 2.43. The topological polar surface area (TPSA) is 24.9 Å². The van der Waals surface area contributed by atoms with Gasteiger partial charge in [0.05, 0.1) is 0 Å². The summed E-state index contributed by atoms with van der Waals surface area (Å²) in [5, 5.41) is 5.65. The Balaban J connectivity index is 1.78. The first-order valence-electron chi connectivity index (χ1n) is 5.49. The van der Waals surface area contributed by atoms with E-state index in [2.05, 4.69) is 34.7 Å². The van der Waals surface area contributed by atoms with Crippen molar-refractivity contribution in [2.45, 2.75) is 25.9 Å². The molecule has 0 aliphatic carbocycles. The number of rotatable bonds is 5. The first-order valence-corrected chi connectivity index (χ1v) is 6.37. The Morgan fingerprint density at radius 2 is 2.12 bits per heavy atom. The van der Waals surface area contributed by atoms with Crippen LogP contribution in [0.15, 0.2) is 42.0 Å². The average molecular weight is 232 g/mol. The van der Waals surface area contributed by atoms with E-state index in [9.17, 15) is 0 Å². The van der Waals surface area contributed by atoms with Crippen LogP contribution in [0.2, 0.25) is 0 Å². The van der Waals surface area contributed by atoms with Gasteiger partial charge in [-0.2, -0.15) is 0 Å². The van der Waals surface area contributed by atoms with E-state index in [0.717, 1.165) is 13.0 Å². The average Bonchev–Trinajstić information content (AvgIpc) is 2.81. The molecule has 0 bridgehead atoms. The highest BCUT2D eigenvalue weighted by molar-refractivity contribution is 7.09. The van der Waals surface area contributed by atoms with E-state index in [0.29, 0.717) is 6.04 Å². The van der Waals surface area contributed by atoms with Crippen LogP contribution in [0.1, 0.15) is 17.4 Å². The molecule has 2 heterocycles. The maximum atomic E-state index is 4.01. The van der Waals surface area contributed by atoms with Crippen molar-refractivity contribution < 1.29 is 0 Å². The minimum Gasteiger partial charge on any atom is -0.310 e. The summed E-state index contributed by atoms with van der Waals surface area (Å²) in [4.78, 5) is 5.45. The molecule has 0 amide bonds. The van der Waals surface area contributed by atoms with Gasteiger partial charge in [0.1, 0.15) is 0 Å². The molecule has 0 aliphatic heterocycles. The highest BCUT2D eigenvalue weighted by atomic mass is 32.1. The molecular formula is C13H16N2S. The molecule has 2 aromatic rings. The van der Waals surface area contributed by atoms with Gasteiger partial charge in [0.2, 0.25) is 0 Å². The van der Waals surface area contributed by atoms with Crippen LogP contribution in [0.3, 0.4) is 0 Å². The zero-order valence-electron chi connectivity index (χ0n) is 9.39. The number of nitrogens with zero attached hydrogens (tertiary/aromatic N) is 1. The molecule has 0 radical (unpaired) electrons. The lowest BCUT2D eigenvalue weighted by atomic mass is 10.2. The summed E-state index contributed by atoms with van der Waals surface area (Å²) >= 11 is 1.82. The molecule has 0 aliphatic rings. The van der Waals surface area contributed by atoms with E-state index in [-0.39, 0.29) is 0 Å². The zero-order chi connectivity index (χ0) is 11.2. The first kappa shape index (κ1) is 11.3. The Labute approximate surface area is 100 Å². The minimum absolute atomic E-state index is 0.506. The van der Waals surface area contributed by atoms with E-state index >= 15 is 0 Å². The number of nitrogens with one attached hydrogen (secondary N) is 1. The summed E-state index contributed by atoms with van der Waals surface area (Å²) in [5.74, 6) is 0. The van der Waals surface area contributed by atoms with Gasteiger partial charge in [-0.3, -0.25) is 4.98 Å². The van der Waals surface area contributed by atoms with Crippen molar-refractivity contribution in [1.29, 1.82) is 0 Å². The van der Waals surface area contributed by atoms with Gasteiger partial charge in [0.25, 0.3) is 0 Å². The fourth-order valence-electron chi connectivity index (χ4n) is 1.60. The molecule has 16 heavy (non-hydrogen) atoms. The van der Waals surface area contributed by atoms with Crippen molar-refractivity contribution in [2.75, 3.05) is 0 Å². The van der Waals surface area contributed by atoms with Gasteiger partial charge in [-0.25, -0.2) is 0 Å². The molecule has 0 spiro atoms. The maximum Gasteiger partial charge on any atom is 0.0271 e. The van der Waals surface area contributed by atoms with Crippen LogP contribution in [0.25, 0.3) is 0 Å². The molecule has 84 valence electrons. The summed E-state index contributed by atoms with van der Waals surface area (Å²) in [6.45, 7) is 3.13. The van der Waals surface area contributed by atoms with Gasteiger partial charge in [-0.05, 0) is 42.5 Å². The van der Waals surface area contributed by atoms with Crippen LogP contribution >= 0.6 is 11.3 Å². The number of pyridine rings is 1. The molecule has 0 saturated heterocycles. The maximum absolute atomic E-state index is 4.01. The third-order valence-corrected chi connectivity index (χ3v) is 3.39. The predicted octanol–water partition coefficient (Wildman–Crippen LogP) is 2.86. The van der Waals surface area contributed by atoms with Crippen molar-refractivity contribution in [3.8, 4) is 0 Å². The highest BCUT2D eigenvalue weighted by Crippen LogP contribution is 2.11. The second-order valence-electron chi connectivity index (χ2n) is 3.92. The smallest absolute Gasteiger partial charge is 0.0271 e. The largest absolute Gasteiger partial charge is 0.310 e. The number of thiophene rings is 1. The second-order valence-corrected chi connectivity index (χ2v) is 4.95. The predicted molar refractivity (Wildman–Crippen MR) is 68.6 cm³/mol. The van der Waals surface area contributed by atoms with Crippen molar-refractivity contribution in [2.24, 2.45) is 0 Å². The SMILES string of the molecule is CC(Cc1cccs1)NCc1ccncc1. The van der Waals surface area contributed by atoms with Gasteiger partial charge >= 0.3 is 0 Å². The van der Waals surface area contributed by atoms with Gasteiger partial charge in [0, 0.05) is 29.9 Å². The van der Waals surface area contributed by atoms with Crippen molar-refractivity contribution >= 4 is 11.3 Å². The van der Waals surface area contributed by atoms with E-state index in [1.165, 1.54) is 10.4 Å². The van der Waals surface area contributed by atoms with Crippen LogP contribution in [0.5, 0.6) is 0 Å². The summed E-state index contributed by atoms with van der Waals surface area (Å²) < 4.78 is 0. The van der Waals surface area contributed by atoms with Gasteiger partial charge in [-0.15, -0.1) is 11.3 Å². The van der Waals surface area contributed by atoms with Crippen LogP contribution in [-0.2, 0) is 13.0 Å². The van der Waals surface area contributed by atoms with Crippen LogP contribution < -0.4 is 5.32 Å². The number of hydrogen-bond donors (Lipinski definition) is 1. The molecule has 1 N–H and O–H groups in total. The van der Waals surface area contributed by atoms with Crippen molar-refractivity contribution in [3.05, 3.63) is 52.5 Å². The van der Waals surface area contributed by atoms with Crippen LogP contribution in [0, 0.1) is 0 Å². The van der Waals surface area contributed by atoms with E-state index < -0.39 is 0 Å². The standard InChI is InChI=1S/C13H16N2S/c1-11(9-13-3-2-8-16-13)15-10-12-4-6-14-7-5-12/h2-8,11,15H,9-10H2,1H3. The Bertz CT molecular complexity index is 397. The third kappa shape index (κ3) is 3.43. The Hall–Kier alpha value is -1.19. The molecule has 3 heteroatoms. The molecule has 1 unspecified atom stereocenters. The Kier molecular flexibility index (Phi) is 4.08. The van der Waals surface area contributed by atoms with E-state index in [4.69, 9.17) is 0 Å². The highest BCUT2D eigenvalue weighted by Gasteiger charge is 2.03. The van der Waals surface area contributed by atoms with Crippen LogP contribution in [-0.4, -0.2) is 11.0 Å². The number of hydrogen-bond acceptors (Lipinski definition) is 3. The van der Waals surface area contributed by atoms with Gasteiger partial charge < -0.3 is 5.32 Å². The van der Waals surface area contributed by atoms with E-state index in [1.54, 1.807) is 0 Å². The summed E-state index contributed by atoms with van der Waals surface area (Å²) in [7, 11) is 0. The minimum atomic E-state index is 0.506. The lowest BCUT2D eigenvalue weighted by Gasteiger charge is -2.12. The monoisotopic (exact) mass is 232 g/mol. The van der Waals surface area contributed by atoms with Gasteiger partial charge in [-0.1, -0.05) is 6.07 Å². The molecule has 0 saturated carbocycles. The number of aromatic nitrogens is 1. The fraction of sp³-hybridized carbons (Fsp3) is 0.308. The summed E-state index contributed by atoms with van der Waals surface area (Å²) in [6, 6.07) is 8.90. The molecule has 2 rings (SSSR count). The molecule has 2 nitrogen and oxygen atoms in total. The van der Waals surface area contributed by atoms with Gasteiger partial charge in [0.15, 0.2) is 0 Å². The normalized spacial score (nSPS) is 12.6. The Morgan fingerprint density at radius 1 is 1.31 bits per heavy atom. The summed E-state index contributed by atoms with van der Waals surface area (Å²) in [6.07, 6.45) is 4.77. The lowest BCUT2D eigenvalue weighted by molar-refractivity contribution is 0.548. The first-order chi connectivity index (χ1) is 7.84. The molecule has 0 fully saturated rings. The third-order valence-electron chi connectivity index (χ3n) is 2.49. The van der Waals surface area contributed by atoms with Crippen LogP contribution in [0.4, 0.5) is 0 Å². The molecule has 0 aromatic carbocycles. The molecule has 1 atom stereocenters. The lowest BCUT2D eigenvalue weighted by Crippen LogP contribution is -2.27. The van der Waals surface area contributed by atoms with Crippen molar-refractivity contribution in [3.63, 3.8) is 0 Å². The molecule has 2 aromatic heterocycles. The zero-order valence-corrected chi connectivity index (χ0v) is 10.2. The summed E-state index contributed by atoms with van der Waals surface area (Å²) in [5.41, 5.74) is 1.29. The van der Waals surface area contributed by atoms with E-state index in [1.807, 2.05) is 35.9 Å². The second kappa shape index (κ2) is 5.77. The van der Waals surface area contributed by atoms with Crippen molar-refractivity contribution in [1.82, 2.24) is 10.3 Å². The molecular weight excluding hydrogens is 216 g/mol. The Morgan fingerprint density at radius 3 is 2.81 bits per heavy atom. The quantitative estimate of drug-likeness (QED) is 0.857.